The Morgan fingerprint density at radius 2 is 1.96 bits per heavy atom. The number of urea groups is 1. The number of methoxy groups -OCH3 is 1. The minimum Gasteiger partial charge on any atom is -0.497 e. The van der Waals surface area contributed by atoms with Crippen molar-refractivity contribution < 1.29 is 9.53 Å². The van der Waals surface area contributed by atoms with Crippen LogP contribution in [0.1, 0.15) is 18.2 Å². The molecule has 5 heteroatoms. The lowest BCUT2D eigenvalue weighted by atomic mass is 10.2. The first-order valence-electron chi connectivity index (χ1n) is 7.93. The minimum atomic E-state index is -0.564. The van der Waals surface area contributed by atoms with Gasteiger partial charge in [-0.3, -0.25) is 0 Å². The van der Waals surface area contributed by atoms with Crippen molar-refractivity contribution in [2.75, 3.05) is 12.4 Å². The number of hydrogen-bond acceptors (Lipinski definition) is 2. The summed E-state index contributed by atoms with van der Waals surface area (Å²) in [7, 11) is 1.63. The highest BCUT2D eigenvalue weighted by atomic mass is 16.5. The molecule has 3 rings (SSSR count). The molecule has 0 saturated heterocycles. The first kappa shape index (κ1) is 15.9. The molecule has 0 atom stereocenters. The van der Waals surface area contributed by atoms with E-state index in [9.17, 15) is 4.79 Å². The fourth-order valence-corrected chi connectivity index (χ4v) is 3.09. The van der Waals surface area contributed by atoms with E-state index >= 15 is 0 Å². The average molecular weight is 323 g/mol. The molecule has 1 heterocycles. The predicted octanol–water partition coefficient (Wildman–Crippen LogP) is 3.75. The van der Waals surface area contributed by atoms with E-state index in [0.29, 0.717) is 0 Å². The van der Waals surface area contributed by atoms with E-state index in [0.717, 1.165) is 41.0 Å². The molecule has 0 saturated carbocycles. The molecule has 2 amide bonds. The number of rotatable bonds is 5. The van der Waals surface area contributed by atoms with E-state index in [-0.39, 0.29) is 0 Å². The van der Waals surface area contributed by atoms with Crippen LogP contribution in [0.4, 0.5) is 10.5 Å². The number of primary amides is 1. The van der Waals surface area contributed by atoms with E-state index < -0.39 is 6.03 Å². The van der Waals surface area contributed by atoms with Gasteiger partial charge in [0.05, 0.1) is 18.3 Å². The number of ether oxygens (including phenoxy) is 1. The first-order chi connectivity index (χ1) is 11.6. The van der Waals surface area contributed by atoms with Gasteiger partial charge < -0.3 is 20.4 Å². The summed E-state index contributed by atoms with van der Waals surface area (Å²) in [5, 5.41) is 3.72. The van der Waals surface area contributed by atoms with Crippen LogP contribution in [0.3, 0.4) is 0 Å². The van der Waals surface area contributed by atoms with Crippen LogP contribution >= 0.6 is 0 Å². The van der Waals surface area contributed by atoms with Gasteiger partial charge >= 0.3 is 6.03 Å². The van der Waals surface area contributed by atoms with Gasteiger partial charge in [0.2, 0.25) is 0 Å². The maximum Gasteiger partial charge on any atom is 0.316 e. The molecule has 3 aromatic rings. The van der Waals surface area contributed by atoms with Crippen molar-refractivity contribution in [1.82, 2.24) is 4.57 Å². The summed E-state index contributed by atoms with van der Waals surface area (Å²) in [5.74, 6) is 0.745. The Morgan fingerprint density at radius 1 is 1.21 bits per heavy atom. The number of benzene rings is 2. The van der Waals surface area contributed by atoms with Gasteiger partial charge in [-0.05, 0) is 30.2 Å². The number of aromatic nitrogens is 1. The highest BCUT2D eigenvalue weighted by Gasteiger charge is 2.18. The SMILES string of the molecule is CCc1c(NC(N)=O)c2cc(OC)ccc2n1Cc1ccccc1. The Morgan fingerprint density at radius 3 is 2.58 bits per heavy atom. The first-order valence-corrected chi connectivity index (χ1v) is 7.93. The van der Waals surface area contributed by atoms with Gasteiger partial charge in [0.25, 0.3) is 0 Å². The summed E-state index contributed by atoms with van der Waals surface area (Å²) in [5.41, 5.74) is 9.42. The largest absolute Gasteiger partial charge is 0.497 e. The molecule has 0 unspecified atom stereocenters. The Hall–Kier alpha value is -2.95. The zero-order valence-electron chi connectivity index (χ0n) is 13.9. The normalized spacial score (nSPS) is 10.8. The van der Waals surface area contributed by atoms with Crippen LogP contribution in [0.15, 0.2) is 48.5 Å². The van der Waals surface area contributed by atoms with Crippen LogP contribution in [0.2, 0.25) is 0 Å². The monoisotopic (exact) mass is 323 g/mol. The Bertz CT molecular complexity index is 869. The van der Waals surface area contributed by atoms with Crippen molar-refractivity contribution >= 4 is 22.6 Å². The number of nitrogens with one attached hydrogen (secondary N) is 1. The molecule has 0 aliphatic heterocycles. The fraction of sp³-hybridized carbons (Fsp3) is 0.211. The Balaban J connectivity index is 2.21. The van der Waals surface area contributed by atoms with E-state index in [2.05, 4.69) is 28.9 Å². The Kier molecular flexibility index (Phi) is 4.42. The number of nitrogens with two attached hydrogens (primary N) is 1. The second-order valence-electron chi connectivity index (χ2n) is 5.62. The lowest BCUT2D eigenvalue weighted by molar-refractivity contribution is 0.259. The zero-order chi connectivity index (χ0) is 17.1. The third-order valence-corrected chi connectivity index (χ3v) is 4.14. The van der Waals surface area contributed by atoms with Gasteiger partial charge in [0.1, 0.15) is 5.75 Å². The number of carbonyl (C=O) groups excluding carboxylic acids is 1. The summed E-state index contributed by atoms with van der Waals surface area (Å²) in [6, 6.07) is 15.6. The van der Waals surface area contributed by atoms with Crippen molar-refractivity contribution in [2.24, 2.45) is 5.73 Å². The third kappa shape index (κ3) is 2.93. The fourth-order valence-electron chi connectivity index (χ4n) is 3.09. The van der Waals surface area contributed by atoms with Crippen molar-refractivity contribution in [3.63, 3.8) is 0 Å². The maximum absolute atomic E-state index is 11.5. The second kappa shape index (κ2) is 6.66. The van der Waals surface area contributed by atoms with Crippen LogP contribution < -0.4 is 15.8 Å². The molecule has 24 heavy (non-hydrogen) atoms. The smallest absolute Gasteiger partial charge is 0.316 e. The summed E-state index contributed by atoms with van der Waals surface area (Å²) >= 11 is 0. The molecule has 0 spiro atoms. The molecule has 0 aliphatic carbocycles. The third-order valence-electron chi connectivity index (χ3n) is 4.14. The number of nitrogens with zero attached hydrogens (tertiary/aromatic N) is 1. The summed E-state index contributed by atoms with van der Waals surface area (Å²) in [6.45, 7) is 2.80. The number of carbonyl (C=O) groups is 1. The van der Waals surface area contributed by atoms with Crippen LogP contribution in [0.5, 0.6) is 5.75 Å². The quantitative estimate of drug-likeness (QED) is 0.751. The van der Waals surface area contributed by atoms with Gasteiger partial charge in [-0.25, -0.2) is 4.79 Å². The lowest BCUT2D eigenvalue weighted by Crippen LogP contribution is -2.20. The van der Waals surface area contributed by atoms with E-state index in [1.54, 1.807) is 7.11 Å². The molecule has 0 bridgehead atoms. The number of hydrogen-bond donors (Lipinski definition) is 2. The summed E-state index contributed by atoms with van der Waals surface area (Å²) < 4.78 is 7.55. The average Bonchev–Trinajstić information content (AvgIpc) is 2.87. The van der Waals surface area contributed by atoms with Crippen molar-refractivity contribution in [3.05, 3.63) is 59.8 Å². The van der Waals surface area contributed by atoms with Crippen LogP contribution in [-0.4, -0.2) is 17.7 Å². The molecule has 0 fully saturated rings. The maximum atomic E-state index is 11.5. The standard InChI is InChI=1S/C19H21N3O2/c1-3-16-18(21-19(20)23)15-11-14(24-2)9-10-17(15)22(16)12-13-7-5-4-6-8-13/h4-11H,3,12H2,1-2H3,(H3,20,21,23). The van der Waals surface area contributed by atoms with Crippen molar-refractivity contribution in [2.45, 2.75) is 19.9 Å². The molecular formula is C19H21N3O2. The minimum absolute atomic E-state index is 0.564. The van der Waals surface area contributed by atoms with E-state index in [1.807, 2.05) is 36.4 Å². The molecule has 0 radical (unpaired) electrons. The zero-order valence-corrected chi connectivity index (χ0v) is 13.9. The lowest BCUT2D eigenvalue weighted by Gasteiger charge is -2.11. The van der Waals surface area contributed by atoms with Crippen LogP contribution in [-0.2, 0) is 13.0 Å². The van der Waals surface area contributed by atoms with Gasteiger partial charge in [-0.2, -0.15) is 0 Å². The summed E-state index contributed by atoms with van der Waals surface area (Å²) in [4.78, 5) is 11.5. The topological polar surface area (TPSA) is 69.3 Å². The highest BCUT2D eigenvalue weighted by molar-refractivity contribution is 6.03. The van der Waals surface area contributed by atoms with Crippen molar-refractivity contribution in [1.29, 1.82) is 0 Å². The van der Waals surface area contributed by atoms with E-state index in [1.165, 1.54) is 5.56 Å². The highest BCUT2D eigenvalue weighted by Crippen LogP contribution is 2.34. The molecule has 1 aromatic heterocycles. The van der Waals surface area contributed by atoms with Crippen LogP contribution in [0.25, 0.3) is 10.9 Å². The van der Waals surface area contributed by atoms with Crippen molar-refractivity contribution in [3.8, 4) is 5.75 Å². The molecular weight excluding hydrogens is 302 g/mol. The molecule has 0 aliphatic rings. The van der Waals surface area contributed by atoms with Gasteiger partial charge in [0, 0.05) is 17.6 Å². The molecule has 124 valence electrons. The van der Waals surface area contributed by atoms with E-state index in [4.69, 9.17) is 10.5 Å². The molecule has 2 aromatic carbocycles. The van der Waals surface area contributed by atoms with Gasteiger partial charge in [-0.1, -0.05) is 37.3 Å². The number of amides is 2. The van der Waals surface area contributed by atoms with Gasteiger partial charge in [-0.15, -0.1) is 0 Å². The molecule has 3 N–H and O–H groups in total. The van der Waals surface area contributed by atoms with Gasteiger partial charge in [0.15, 0.2) is 0 Å². The summed E-state index contributed by atoms with van der Waals surface area (Å²) in [6.07, 6.45) is 0.777. The predicted molar refractivity (Wildman–Crippen MR) is 96.6 cm³/mol. The number of fused-ring (bicyclic) bond motifs is 1. The number of anilines is 1. The second-order valence-corrected chi connectivity index (χ2v) is 5.62. The Labute approximate surface area is 141 Å². The molecule has 5 nitrogen and oxygen atoms in total. The van der Waals surface area contributed by atoms with Crippen LogP contribution in [0, 0.1) is 0 Å².